The van der Waals surface area contributed by atoms with Gasteiger partial charge in [0.25, 0.3) is 0 Å². The molecule has 0 spiro atoms. The average molecular weight is 589 g/mol. The van der Waals surface area contributed by atoms with Crippen molar-refractivity contribution in [2.45, 2.75) is 19.9 Å². The smallest absolute Gasteiger partial charge is 0.227 e. The Hall–Kier alpha value is -4.86. The van der Waals surface area contributed by atoms with E-state index >= 15 is 0 Å². The molecule has 0 N–H and O–H groups in total. The van der Waals surface area contributed by atoms with Crippen LogP contribution >= 0.6 is 0 Å². The van der Waals surface area contributed by atoms with Gasteiger partial charge in [0.1, 0.15) is 23.6 Å². The van der Waals surface area contributed by atoms with Gasteiger partial charge in [-0.15, -0.1) is 0 Å². The van der Waals surface area contributed by atoms with Gasteiger partial charge >= 0.3 is 0 Å². The highest BCUT2D eigenvalue weighted by Crippen LogP contribution is 2.41. The Morgan fingerprint density at radius 3 is 2.14 bits per heavy atom. The molecule has 5 rings (SSSR count). The van der Waals surface area contributed by atoms with Gasteiger partial charge in [-0.05, 0) is 54.4 Å². The summed E-state index contributed by atoms with van der Waals surface area (Å²) in [5, 5.41) is 0.938. The van der Waals surface area contributed by atoms with Gasteiger partial charge in [-0.3, -0.25) is 4.79 Å². The van der Waals surface area contributed by atoms with Gasteiger partial charge in [0.05, 0.1) is 61.3 Å². The van der Waals surface area contributed by atoms with Crippen molar-refractivity contribution in [3.8, 4) is 51.5 Å². The quantitative estimate of drug-likeness (QED) is 0.261. The molecule has 0 fully saturated rings. The molecular weight excluding hydrogens is 552 g/mol. The maximum absolute atomic E-state index is 13.6. The summed E-state index contributed by atoms with van der Waals surface area (Å²) in [5.41, 5.74) is 4.90. The summed E-state index contributed by atoms with van der Waals surface area (Å²) in [6.07, 6.45) is 0.150. The summed E-state index contributed by atoms with van der Waals surface area (Å²) in [4.78, 5) is 20.3. The molecule has 1 aromatic heterocycles. The molecule has 0 saturated carbocycles. The Morgan fingerprint density at radius 1 is 0.814 bits per heavy atom. The van der Waals surface area contributed by atoms with Crippen molar-refractivity contribution in [2.24, 2.45) is 0 Å². The number of fused-ring (bicyclic) bond motifs is 2. The second-order valence-electron chi connectivity index (χ2n) is 10.1. The summed E-state index contributed by atoms with van der Waals surface area (Å²) < 4.78 is 39.3. The monoisotopic (exact) mass is 588 g/mol. The van der Waals surface area contributed by atoms with Crippen LogP contribution in [-0.4, -0.2) is 71.6 Å². The number of rotatable bonds is 9. The second-order valence-corrected chi connectivity index (χ2v) is 10.1. The van der Waals surface area contributed by atoms with Crippen LogP contribution in [0, 0.1) is 6.92 Å². The van der Waals surface area contributed by atoms with E-state index in [4.69, 9.17) is 38.1 Å². The first-order valence-electron chi connectivity index (χ1n) is 13.8. The molecule has 1 aliphatic heterocycles. The zero-order chi connectivity index (χ0) is 30.7. The number of carbonyl (C=O) groups is 1. The van der Waals surface area contributed by atoms with E-state index < -0.39 is 0 Å². The lowest BCUT2D eigenvalue weighted by molar-refractivity contribution is -0.131. The van der Waals surface area contributed by atoms with Crippen LogP contribution in [0.5, 0.6) is 40.2 Å². The molecule has 1 aliphatic rings. The molecule has 3 aromatic carbocycles. The van der Waals surface area contributed by atoms with Crippen molar-refractivity contribution in [3.05, 3.63) is 59.2 Å². The number of hydrogen-bond donors (Lipinski definition) is 0. The van der Waals surface area contributed by atoms with Crippen LogP contribution in [-0.2, 0) is 17.8 Å². The molecule has 10 nitrogen and oxygen atoms in total. The van der Waals surface area contributed by atoms with E-state index in [1.165, 1.54) is 0 Å². The predicted octanol–water partition coefficient (Wildman–Crippen LogP) is 5.23. The maximum atomic E-state index is 13.6. The molecule has 0 saturated heterocycles. The van der Waals surface area contributed by atoms with Crippen molar-refractivity contribution < 1.29 is 38.0 Å². The molecule has 4 aromatic rings. The molecule has 0 bridgehead atoms. The molecule has 43 heavy (non-hydrogen) atoms. The van der Waals surface area contributed by atoms with E-state index in [-0.39, 0.29) is 12.3 Å². The molecular formula is C33H36N2O8. The van der Waals surface area contributed by atoms with E-state index in [2.05, 4.69) is 0 Å². The second kappa shape index (κ2) is 12.6. The first-order valence-corrected chi connectivity index (χ1v) is 13.8. The number of nitrogens with zero attached hydrogens (tertiary/aromatic N) is 2. The number of benzene rings is 3. The number of hydrogen-bond acceptors (Lipinski definition) is 9. The first-order chi connectivity index (χ1) is 20.8. The molecule has 10 heteroatoms. The van der Waals surface area contributed by atoms with Crippen LogP contribution in [0.25, 0.3) is 22.2 Å². The fraction of sp³-hybridized carbons (Fsp3) is 0.333. The van der Waals surface area contributed by atoms with E-state index in [1.807, 2.05) is 37.3 Å². The molecule has 0 aliphatic carbocycles. The Kier molecular flexibility index (Phi) is 8.66. The Bertz CT molecular complexity index is 1640. The highest BCUT2D eigenvalue weighted by Gasteiger charge is 2.25. The van der Waals surface area contributed by atoms with Crippen LogP contribution in [0.3, 0.4) is 0 Å². The third-order valence-electron chi connectivity index (χ3n) is 7.56. The Balaban J connectivity index is 1.50. The fourth-order valence-corrected chi connectivity index (χ4v) is 5.38. The lowest BCUT2D eigenvalue weighted by Gasteiger charge is -2.21. The first kappa shape index (κ1) is 29.6. The summed E-state index contributed by atoms with van der Waals surface area (Å²) in [6, 6.07) is 13.3. The fourth-order valence-electron chi connectivity index (χ4n) is 5.38. The number of pyridine rings is 1. The normalized spacial score (nSPS) is 12.6. The summed E-state index contributed by atoms with van der Waals surface area (Å²) in [6.45, 7) is 3.12. The number of aryl methyl sites for hydroxylation is 1. The van der Waals surface area contributed by atoms with Crippen molar-refractivity contribution in [2.75, 3.05) is 55.8 Å². The van der Waals surface area contributed by atoms with Crippen molar-refractivity contribution in [1.29, 1.82) is 0 Å². The van der Waals surface area contributed by atoms with Crippen molar-refractivity contribution in [1.82, 2.24) is 9.88 Å². The standard InChI is InChI=1S/C33H36N2O8/c1-19-10-25(34-31-24(19)16-23(37-2)17-26(31)38-3)21-14-22-18-35(8-9-43-32(22)29(15-21)41-6)30(36)13-20-11-27(39-4)33(42-7)28(12-20)40-5/h10-12,14-17H,8-9,13,18H2,1-7H3. The van der Waals surface area contributed by atoms with Gasteiger partial charge in [0, 0.05) is 29.1 Å². The molecule has 0 radical (unpaired) electrons. The predicted molar refractivity (Wildman–Crippen MR) is 162 cm³/mol. The van der Waals surface area contributed by atoms with Crippen molar-refractivity contribution >= 4 is 16.8 Å². The number of methoxy groups -OCH3 is 6. The van der Waals surface area contributed by atoms with E-state index in [1.54, 1.807) is 59.7 Å². The molecule has 1 amide bonds. The van der Waals surface area contributed by atoms with Crippen LogP contribution in [0.2, 0.25) is 0 Å². The zero-order valence-electron chi connectivity index (χ0n) is 25.5. The van der Waals surface area contributed by atoms with E-state index in [0.717, 1.165) is 38.9 Å². The average Bonchev–Trinajstić information content (AvgIpc) is 3.26. The van der Waals surface area contributed by atoms with E-state index in [9.17, 15) is 4.79 Å². The van der Waals surface area contributed by atoms with E-state index in [0.29, 0.717) is 59.9 Å². The number of carbonyl (C=O) groups excluding carboxylic acids is 1. The largest absolute Gasteiger partial charge is 0.497 e. The lowest BCUT2D eigenvalue weighted by atomic mass is 10.0. The third kappa shape index (κ3) is 5.77. The topological polar surface area (TPSA) is 97.8 Å². The Morgan fingerprint density at radius 2 is 1.51 bits per heavy atom. The van der Waals surface area contributed by atoms with Gasteiger partial charge in [-0.1, -0.05) is 0 Å². The molecule has 0 atom stereocenters. The number of amides is 1. The van der Waals surface area contributed by atoms with Gasteiger partial charge in [0.15, 0.2) is 23.0 Å². The highest BCUT2D eigenvalue weighted by atomic mass is 16.5. The maximum Gasteiger partial charge on any atom is 0.227 e. The molecule has 226 valence electrons. The highest BCUT2D eigenvalue weighted by molar-refractivity contribution is 5.91. The summed E-state index contributed by atoms with van der Waals surface area (Å²) in [5.74, 6) is 3.92. The third-order valence-corrected chi connectivity index (χ3v) is 7.56. The number of ether oxygens (including phenoxy) is 7. The van der Waals surface area contributed by atoms with Gasteiger partial charge in [-0.2, -0.15) is 0 Å². The minimum Gasteiger partial charge on any atom is -0.497 e. The van der Waals surface area contributed by atoms with Crippen LogP contribution in [0.1, 0.15) is 16.7 Å². The lowest BCUT2D eigenvalue weighted by Crippen LogP contribution is -2.33. The van der Waals surface area contributed by atoms with Crippen molar-refractivity contribution in [3.63, 3.8) is 0 Å². The minimum atomic E-state index is -0.0616. The Labute approximate surface area is 251 Å². The number of aromatic nitrogens is 1. The summed E-state index contributed by atoms with van der Waals surface area (Å²) in [7, 11) is 9.50. The SMILES string of the molecule is COc1cc(OC)c2nc(-c3cc4c(c(OC)c3)OCCN(C(=O)Cc3cc(OC)c(OC)c(OC)c3)C4)cc(C)c2c1. The zero-order valence-corrected chi connectivity index (χ0v) is 25.5. The van der Waals surface area contributed by atoms with Crippen LogP contribution in [0.15, 0.2) is 42.5 Å². The van der Waals surface area contributed by atoms with Gasteiger partial charge < -0.3 is 38.1 Å². The van der Waals surface area contributed by atoms with Crippen LogP contribution < -0.4 is 33.2 Å². The van der Waals surface area contributed by atoms with Crippen LogP contribution in [0.4, 0.5) is 0 Å². The van der Waals surface area contributed by atoms with Gasteiger partial charge in [-0.25, -0.2) is 4.98 Å². The summed E-state index contributed by atoms with van der Waals surface area (Å²) >= 11 is 0. The molecule has 2 heterocycles. The molecule has 0 unspecified atom stereocenters. The minimum absolute atomic E-state index is 0.0616. The van der Waals surface area contributed by atoms with Gasteiger partial charge in [0.2, 0.25) is 11.7 Å².